The van der Waals surface area contributed by atoms with E-state index >= 15 is 0 Å². The molecular formula is C4H9N3O2. The van der Waals surface area contributed by atoms with Gasteiger partial charge in [0.05, 0.1) is 13.2 Å². The molecule has 1 heterocycles. The lowest BCUT2D eigenvalue weighted by Crippen LogP contribution is -2.41. The SMILES string of the molecule is NNC(=O)N1CCCO1. The summed E-state index contributed by atoms with van der Waals surface area (Å²) in [6.45, 7) is 1.23. The number of nitrogens with zero attached hydrogens (tertiary/aromatic N) is 1. The molecule has 0 aromatic carbocycles. The van der Waals surface area contributed by atoms with E-state index in [1.165, 1.54) is 5.06 Å². The lowest BCUT2D eigenvalue weighted by Gasteiger charge is -2.11. The summed E-state index contributed by atoms with van der Waals surface area (Å²) in [6, 6.07) is -0.382. The Labute approximate surface area is 52.7 Å². The molecule has 5 nitrogen and oxygen atoms in total. The third-order valence-electron chi connectivity index (χ3n) is 1.10. The van der Waals surface area contributed by atoms with Crippen LogP contribution in [0.5, 0.6) is 0 Å². The fourth-order valence-electron chi connectivity index (χ4n) is 0.680. The molecule has 0 bridgehead atoms. The van der Waals surface area contributed by atoms with Crippen molar-refractivity contribution in [3.05, 3.63) is 0 Å². The zero-order valence-electron chi connectivity index (χ0n) is 4.96. The maximum absolute atomic E-state index is 10.6. The number of nitrogens with two attached hydrogens (primary N) is 1. The lowest BCUT2D eigenvalue weighted by molar-refractivity contribution is -0.0662. The predicted octanol–water partition coefficient (Wildman–Crippen LogP) is -0.793. The second-order valence-electron chi connectivity index (χ2n) is 1.74. The Morgan fingerprint density at radius 2 is 2.56 bits per heavy atom. The van der Waals surface area contributed by atoms with Crippen molar-refractivity contribution in [2.75, 3.05) is 13.2 Å². The van der Waals surface area contributed by atoms with Gasteiger partial charge in [0.2, 0.25) is 0 Å². The van der Waals surface area contributed by atoms with Gasteiger partial charge in [-0.05, 0) is 6.42 Å². The molecule has 1 fully saturated rings. The van der Waals surface area contributed by atoms with Crippen molar-refractivity contribution < 1.29 is 9.63 Å². The van der Waals surface area contributed by atoms with Crippen molar-refractivity contribution in [3.63, 3.8) is 0 Å². The summed E-state index contributed by atoms with van der Waals surface area (Å²) in [7, 11) is 0. The first-order valence-corrected chi connectivity index (χ1v) is 2.75. The lowest BCUT2D eigenvalue weighted by atomic mass is 10.5. The molecule has 0 saturated carbocycles. The molecule has 0 spiro atoms. The number of urea groups is 1. The van der Waals surface area contributed by atoms with E-state index in [1.807, 2.05) is 5.43 Å². The normalized spacial score (nSPS) is 18.1. The minimum absolute atomic E-state index is 0.382. The van der Waals surface area contributed by atoms with E-state index in [1.54, 1.807) is 0 Å². The third kappa shape index (κ3) is 1.30. The summed E-state index contributed by atoms with van der Waals surface area (Å²) < 4.78 is 0. The Morgan fingerprint density at radius 3 is 3.00 bits per heavy atom. The van der Waals surface area contributed by atoms with E-state index in [-0.39, 0.29) is 6.03 Å². The zero-order chi connectivity index (χ0) is 6.69. The second kappa shape index (κ2) is 2.65. The average molecular weight is 131 g/mol. The van der Waals surface area contributed by atoms with Crippen LogP contribution in [0.4, 0.5) is 4.79 Å². The van der Waals surface area contributed by atoms with E-state index in [0.29, 0.717) is 13.2 Å². The minimum atomic E-state index is -0.382. The van der Waals surface area contributed by atoms with Crippen molar-refractivity contribution in [1.29, 1.82) is 0 Å². The van der Waals surface area contributed by atoms with Gasteiger partial charge in [0.25, 0.3) is 0 Å². The number of carbonyl (C=O) groups excluding carboxylic acids is 1. The van der Waals surface area contributed by atoms with Gasteiger partial charge in [0.15, 0.2) is 0 Å². The van der Waals surface area contributed by atoms with Crippen molar-refractivity contribution in [2.24, 2.45) is 5.84 Å². The number of nitrogens with one attached hydrogen (secondary N) is 1. The van der Waals surface area contributed by atoms with Gasteiger partial charge in [0, 0.05) is 0 Å². The Kier molecular flexibility index (Phi) is 1.86. The maximum Gasteiger partial charge on any atom is 0.355 e. The molecule has 1 aliphatic rings. The monoisotopic (exact) mass is 131 g/mol. The van der Waals surface area contributed by atoms with Gasteiger partial charge in [0.1, 0.15) is 0 Å². The first-order valence-electron chi connectivity index (χ1n) is 2.75. The van der Waals surface area contributed by atoms with Crippen molar-refractivity contribution in [2.45, 2.75) is 6.42 Å². The summed E-state index contributed by atoms with van der Waals surface area (Å²) >= 11 is 0. The van der Waals surface area contributed by atoms with E-state index < -0.39 is 0 Å². The summed E-state index contributed by atoms with van der Waals surface area (Å²) in [6.07, 6.45) is 0.882. The van der Waals surface area contributed by atoms with Crippen LogP contribution in [0, 0.1) is 0 Å². The summed E-state index contributed by atoms with van der Waals surface area (Å²) in [4.78, 5) is 15.4. The van der Waals surface area contributed by atoms with E-state index in [0.717, 1.165) is 6.42 Å². The highest BCUT2D eigenvalue weighted by molar-refractivity contribution is 5.72. The largest absolute Gasteiger partial charge is 0.355 e. The molecule has 2 amide bonds. The molecule has 1 aliphatic heterocycles. The fraction of sp³-hybridized carbons (Fsp3) is 0.750. The molecule has 1 saturated heterocycles. The van der Waals surface area contributed by atoms with Gasteiger partial charge in [-0.3, -0.25) is 10.3 Å². The van der Waals surface area contributed by atoms with Crippen LogP contribution in [0.2, 0.25) is 0 Å². The number of amides is 2. The topological polar surface area (TPSA) is 67.6 Å². The van der Waals surface area contributed by atoms with Gasteiger partial charge in [-0.15, -0.1) is 0 Å². The van der Waals surface area contributed by atoms with Gasteiger partial charge < -0.3 is 0 Å². The smallest absolute Gasteiger partial charge is 0.274 e. The van der Waals surface area contributed by atoms with Crippen molar-refractivity contribution in [1.82, 2.24) is 10.5 Å². The number of hydrogen-bond donors (Lipinski definition) is 2. The quantitative estimate of drug-likeness (QED) is 0.257. The summed E-state index contributed by atoms with van der Waals surface area (Å²) in [5, 5.41) is 1.21. The highest BCUT2D eigenvalue weighted by Crippen LogP contribution is 2.02. The molecule has 52 valence electrons. The van der Waals surface area contributed by atoms with Gasteiger partial charge in [-0.2, -0.15) is 0 Å². The van der Waals surface area contributed by atoms with E-state index in [9.17, 15) is 4.79 Å². The van der Waals surface area contributed by atoms with Crippen LogP contribution in [0.15, 0.2) is 0 Å². The standard InChI is InChI=1S/C4H9N3O2/c5-6-4(8)7-2-1-3-9-7/h1-3,5H2,(H,6,8). The minimum Gasteiger partial charge on any atom is -0.274 e. The molecule has 0 atom stereocenters. The highest BCUT2D eigenvalue weighted by atomic mass is 16.7. The molecule has 0 aromatic heterocycles. The van der Waals surface area contributed by atoms with E-state index in [4.69, 9.17) is 10.7 Å². The number of carbonyl (C=O) groups is 1. The van der Waals surface area contributed by atoms with Gasteiger partial charge in [-0.1, -0.05) is 0 Å². The predicted molar refractivity (Wildman–Crippen MR) is 30.0 cm³/mol. The second-order valence-corrected chi connectivity index (χ2v) is 1.74. The molecule has 3 N–H and O–H groups in total. The van der Waals surface area contributed by atoms with Crippen LogP contribution in [0.25, 0.3) is 0 Å². The van der Waals surface area contributed by atoms with Crippen LogP contribution in [-0.4, -0.2) is 24.2 Å². The van der Waals surface area contributed by atoms with Crippen molar-refractivity contribution >= 4 is 6.03 Å². The molecule has 9 heavy (non-hydrogen) atoms. The van der Waals surface area contributed by atoms with Crippen LogP contribution >= 0.6 is 0 Å². The maximum atomic E-state index is 10.6. The fourth-order valence-corrected chi connectivity index (χ4v) is 0.680. The Balaban J connectivity index is 2.32. The third-order valence-corrected chi connectivity index (χ3v) is 1.10. The summed E-state index contributed by atoms with van der Waals surface area (Å²) in [5.41, 5.74) is 1.97. The first-order chi connectivity index (χ1) is 4.34. The summed E-state index contributed by atoms with van der Waals surface area (Å²) in [5.74, 6) is 4.83. The molecule has 0 unspecified atom stereocenters. The van der Waals surface area contributed by atoms with Gasteiger partial charge in [-0.25, -0.2) is 15.7 Å². The number of rotatable bonds is 0. The Bertz CT molecular complexity index is 110. The van der Waals surface area contributed by atoms with Crippen LogP contribution in [-0.2, 0) is 4.84 Å². The van der Waals surface area contributed by atoms with Crippen LogP contribution < -0.4 is 11.3 Å². The van der Waals surface area contributed by atoms with E-state index in [2.05, 4.69) is 0 Å². The van der Waals surface area contributed by atoms with Gasteiger partial charge >= 0.3 is 6.03 Å². The molecule has 1 rings (SSSR count). The average Bonchev–Trinajstić information content (AvgIpc) is 2.37. The molecule has 5 heteroatoms. The molecule has 0 aromatic rings. The number of hydrogen-bond acceptors (Lipinski definition) is 3. The Morgan fingerprint density at radius 1 is 1.78 bits per heavy atom. The molecule has 0 radical (unpaired) electrons. The van der Waals surface area contributed by atoms with Crippen LogP contribution in [0.1, 0.15) is 6.42 Å². The van der Waals surface area contributed by atoms with Crippen molar-refractivity contribution in [3.8, 4) is 0 Å². The number of hydroxylamine groups is 2. The zero-order valence-corrected chi connectivity index (χ0v) is 4.96. The van der Waals surface area contributed by atoms with Crippen LogP contribution in [0.3, 0.4) is 0 Å². The first kappa shape index (κ1) is 6.31. The number of hydrazine groups is 1. The molecule has 0 aliphatic carbocycles. The Hall–Kier alpha value is -0.810. The molecular weight excluding hydrogens is 122 g/mol. The highest BCUT2D eigenvalue weighted by Gasteiger charge is 2.17.